The van der Waals surface area contributed by atoms with Crippen LogP contribution in [-0.4, -0.2) is 20.1 Å². The van der Waals surface area contributed by atoms with Crippen LogP contribution in [0.15, 0.2) is 29.2 Å². The maximum absolute atomic E-state index is 12.0. The number of rotatable bonds is 7. The van der Waals surface area contributed by atoms with E-state index in [0.29, 0.717) is 18.0 Å². The van der Waals surface area contributed by atoms with Crippen LogP contribution in [-0.2, 0) is 16.6 Å². The van der Waals surface area contributed by atoms with Crippen LogP contribution >= 0.6 is 0 Å². The molecule has 0 fully saturated rings. The van der Waals surface area contributed by atoms with Crippen molar-refractivity contribution in [1.82, 2.24) is 4.72 Å². The van der Waals surface area contributed by atoms with Gasteiger partial charge in [-0.1, -0.05) is 38.8 Å². The number of aliphatic hydroxyl groups excluding tert-OH is 1. The fourth-order valence-corrected chi connectivity index (χ4v) is 2.89. The van der Waals surface area contributed by atoms with Gasteiger partial charge in [0.25, 0.3) is 0 Å². The molecule has 2 N–H and O–H groups in total. The number of nitrogens with one attached hydrogen (secondary N) is 1. The third-order valence-electron chi connectivity index (χ3n) is 3.11. The molecule has 0 amide bonds. The first-order valence-corrected chi connectivity index (χ1v) is 7.71. The largest absolute Gasteiger partial charge is 0.392 e. The second-order valence-electron chi connectivity index (χ2n) is 4.34. The highest BCUT2D eigenvalue weighted by molar-refractivity contribution is 7.89. The van der Waals surface area contributed by atoms with E-state index < -0.39 is 10.0 Å². The molecule has 0 atom stereocenters. The molecule has 102 valence electrons. The Kier molecular flexibility index (Phi) is 5.78. The third-order valence-corrected chi connectivity index (χ3v) is 4.53. The van der Waals surface area contributed by atoms with Crippen molar-refractivity contribution in [2.24, 2.45) is 5.92 Å². The van der Waals surface area contributed by atoms with E-state index in [1.165, 1.54) is 12.1 Å². The SMILES string of the molecule is CCC(CC)CNS(=O)(=O)c1cccc(CO)c1. The van der Waals surface area contributed by atoms with Crippen LogP contribution in [0.5, 0.6) is 0 Å². The van der Waals surface area contributed by atoms with Gasteiger partial charge in [0.05, 0.1) is 11.5 Å². The van der Waals surface area contributed by atoms with E-state index in [1.54, 1.807) is 12.1 Å². The topological polar surface area (TPSA) is 66.4 Å². The summed E-state index contributed by atoms with van der Waals surface area (Å²) in [5, 5.41) is 9.01. The fourth-order valence-electron chi connectivity index (χ4n) is 1.70. The molecule has 0 aromatic heterocycles. The van der Waals surface area contributed by atoms with E-state index in [4.69, 9.17) is 5.11 Å². The summed E-state index contributed by atoms with van der Waals surface area (Å²) in [4.78, 5) is 0.208. The predicted molar refractivity (Wildman–Crippen MR) is 71.6 cm³/mol. The molecule has 1 rings (SSSR count). The molecule has 0 unspecified atom stereocenters. The quantitative estimate of drug-likeness (QED) is 0.796. The lowest BCUT2D eigenvalue weighted by atomic mass is 10.0. The highest BCUT2D eigenvalue weighted by Crippen LogP contribution is 2.13. The van der Waals surface area contributed by atoms with Crippen molar-refractivity contribution in [3.8, 4) is 0 Å². The Morgan fingerprint density at radius 1 is 1.28 bits per heavy atom. The van der Waals surface area contributed by atoms with Gasteiger partial charge in [-0.25, -0.2) is 13.1 Å². The van der Waals surface area contributed by atoms with Crippen LogP contribution in [0.2, 0.25) is 0 Å². The summed E-state index contributed by atoms with van der Waals surface area (Å²) in [5.41, 5.74) is 0.598. The van der Waals surface area contributed by atoms with Crippen LogP contribution in [0.4, 0.5) is 0 Å². The Morgan fingerprint density at radius 3 is 2.50 bits per heavy atom. The molecule has 4 nitrogen and oxygen atoms in total. The Labute approximate surface area is 109 Å². The van der Waals surface area contributed by atoms with E-state index >= 15 is 0 Å². The zero-order chi connectivity index (χ0) is 13.6. The summed E-state index contributed by atoms with van der Waals surface area (Å²) in [6.07, 6.45) is 1.91. The summed E-state index contributed by atoms with van der Waals surface area (Å²) < 4.78 is 26.7. The van der Waals surface area contributed by atoms with Gasteiger partial charge < -0.3 is 5.11 Å². The van der Waals surface area contributed by atoms with Gasteiger partial charge in [-0.05, 0) is 23.6 Å². The monoisotopic (exact) mass is 271 g/mol. The smallest absolute Gasteiger partial charge is 0.240 e. The summed E-state index contributed by atoms with van der Waals surface area (Å²) >= 11 is 0. The summed E-state index contributed by atoms with van der Waals surface area (Å²) in [7, 11) is -3.47. The molecule has 5 heteroatoms. The molecule has 18 heavy (non-hydrogen) atoms. The molecular weight excluding hydrogens is 250 g/mol. The van der Waals surface area contributed by atoms with Gasteiger partial charge >= 0.3 is 0 Å². The molecule has 0 saturated carbocycles. The molecule has 0 aliphatic rings. The van der Waals surface area contributed by atoms with Gasteiger partial charge in [0.2, 0.25) is 10.0 Å². The van der Waals surface area contributed by atoms with Crippen LogP contribution < -0.4 is 4.72 Å². The third kappa shape index (κ3) is 4.08. The highest BCUT2D eigenvalue weighted by Gasteiger charge is 2.15. The van der Waals surface area contributed by atoms with Gasteiger partial charge in [-0.15, -0.1) is 0 Å². The Balaban J connectivity index is 2.79. The number of benzene rings is 1. The minimum Gasteiger partial charge on any atom is -0.392 e. The van der Waals surface area contributed by atoms with E-state index in [1.807, 2.05) is 0 Å². The van der Waals surface area contributed by atoms with E-state index in [9.17, 15) is 8.42 Å². The van der Waals surface area contributed by atoms with Crippen LogP contribution in [0.3, 0.4) is 0 Å². The van der Waals surface area contributed by atoms with E-state index in [2.05, 4.69) is 18.6 Å². The van der Waals surface area contributed by atoms with Gasteiger partial charge in [0, 0.05) is 6.54 Å². The first kappa shape index (κ1) is 15.1. The molecule has 0 heterocycles. The van der Waals surface area contributed by atoms with Crippen LogP contribution in [0, 0.1) is 5.92 Å². The van der Waals surface area contributed by atoms with Gasteiger partial charge in [0.1, 0.15) is 0 Å². The second kappa shape index (κ2) is 6.87. The second-order valence-corrected chi connectivity index (χ2v) is 6.11. The molecule has 0 aliphatic heterocycles. The molecule has 1 aromatic rings. The molecule has 0 saturated heterocycles. The minimum absolute atomic E-state index is 0.157. The average molecular weight is 271 g/mol. The maximum Gasteiger partial charge on any atom is 0.240 e. The summed E-state index contributed by atoms with van der Waals surface area (Å²) in [6.45, 7) is 4.40. The zero-order valence-corrected chi connectivity index (χ0v) is 11.7. The van der Waals surface area contributed by atoms with E-state index in [-0.39, 0.29) is 11.5 Å². The zero-order valence-electron chi connectivity index (χ0n) is 10.9. The van der Waals surface area contributed by atoms with Crippen LogP contribution in [0.25, 0.3) is 0 Å². The molecule has 0 bridgehead atoms. The van der Waals surface area contributed by atoms with E-state index in [0.717, 1.165) is 12.8 Å². The molecule has 1 aromatic carbocycles. The number of sulfonamides is 1. The Morgan fingerprint density at radius 2 is 1.94 bits per heavy atom. The Hall–Kier alpha value is -0.910. The van der Waals surface area contributed by atoms with Crippen molar-refractivity contribution < 1.29 is 13.5 Å². The molecule has 0 spiro atoms. The molecule has 0 aliphatic carbocycles. The summed E-state index contributed by atoms with van der Waals surface area (Å²) in [6, 6.07) is 6.36. The first-order chi connectivity index (χ1) is 8.53. The number of aliphatic hydroxyl groups is 1. The maximum atomic E-state index is 12.0. The van der Waals surface area contributed by atoms with Crippen molar-refractivity contribution in [3.05, 3.63) is 29.8 Å². The number of hydrogen-bond acceptors (Lipinski definition) is 3. The van der Waals surface area contributed by atoms with Crippen molar-refractivity contribution in [2.45, 2.75) is 38.2 Å². The van der Waals surface area contributed by atoms with Crippen molar-refractivity contribution in [1.29, 1.82) is 0 Å². The van der Waals surface area contributed by atoms with Crippen molar-refractivity contribution in [2.75, 3.05) is 6.54 Å². The number of hydrogen-bond donors (Lipinski definition) is 2. The van der Waals surface area contributed by atoms with Gasteiger partial charge in [-0.2, -0.15) is 0 Å². The first-order valence-electron chi connectivity index (χ1n) is 6.23. The minimum atomic E-state index is -3.47. The molecular formula is C13H21NO3S. The highest BCUT2D eigenvalue weighted by atomic mass is 32.2. The normalized spacial score (nSPS) is 12.0. The molecule has 0 radical (unpaired) electrons. The lowest BCUT2D eigenvalue weighted by Gasteiger charge is -2.13. The lowest BCUT2D eigenvalue weighted by molar-refractivity contribution is 0.281. The fraction of sp³-hybridized carbons (Fsp3) is 0.538. The predicted octanol–water partition coefficient (Wildman–Crippen LogP) is 1.89. The van der Waals surface area contributed by atoms with Crippen molar-refractivity contribution in [3.63, 3.8) is 0 Å². The van der Waals surface area contributed by atoms with Crippen LogP contribution in [0.1, 0.15) is 32.3 Å². The van der Waals surface area contributed by atoms with Gasteiger partial charge in [-0.3, -0.25) is 0 Å². The average Bonchev–Trinajstić information content (AvgIpc) is 2.40. The lowest BCUT2D eigenvalue weighted by Crippen LogP contribution is -2.29. The summed E-state index contributed by atoms with van der Waals surface area (Å²) in [5.74, 6) is 0.362. The van der Waals surface area contributed by atoms with Gasteiger partial charge in [0.15, 0.2) is 0 Å². The Bertz CT molecular complexity index is 467. The standard InChI is InChI=1S/C13H21NO3S/c1-3-11(4-2)9-14-18(16,17)13-7-5-6-12(8-13)10-15/h5-8,11,14-15H,3-4,9-10H2,1-2H3. The van der Waals surface area contributed by atoms with Crippen molar-refractivity contribution >= 4 is 10.0 Å².